The molecule has 0 radical (unpaired) electrons. The van der Waals surface area contributed by atoms with Crippen molar-refractivity contribution in [2.45, 2.75) is 44.0 Å². The van der Waals surface area contributed by atoms with E-state index in [9.17, 15) is 19.5 Å². The van der Waals surface area contributed by atoms with Gasteiger partial charge in [-0.15, -0.1) is 0 Å². The second-order valence-electron chi connectivity index (χ2n) is 6.65. The zero-order valence-corrected chi connectivity index (χ0v) is 15.2. The molecule has 0 bridgehead atoms. The molecule has 4 N–H and O–H groups in total. The van der Waals surface area contributed by atoms with Gasteiger partial charge in [0.1, 0.15) is 30.2 Å². The Morgan fingerprint density at radius 3 is 2.90 bits per heavy atom. The van der Waals surface area contributed by atoms with Crippen molar-refractivity contribution < 1.29 is 33.7 Å². The third kappa shape index (κ3) is 3.50. The topological polar surface area (TPSA) is 181 Å². The second kappa shape index (κ2) is 7.35. The number of imide groups is 1. The first-order chi connectivity index (χ1) is 13.8. The number of aliphatic hydroxyl groups is 1. The summed E-state index contributed by atoms with van der Waals surface area (Å²) >= 11 is 0. The van der Waals surface area contributed by atoms with Crippen molar-refractivity contribution in [2.24, 2.45) is 0 Å². The number of fused-ring (bicyclic) bond motifs is 1. The fourth-order valence-corrected chi connectivity index (χ4v) is 3.35. The predicted octanol–water partition coefficient (Wildman–Crippen LogP) is -1.97. The normalized spacial score (nSPS) is 29.4. The molecule has 5 atom stereocenters. The number of esters is 1. The molecule has 2 aliphatic heterocycles. The minimum absolute atomic E-state index is 0.113. The van der Waals surface area contributed by atoms with E-state index in [2.05, 4.69) is 20.3 Å². The van der Waals surface area contributed by atoms with Crippen molar-refractivity contribution in [1.82, 2.24) is 24.8 Å². The molecule has 2 aromatic rings. The quantitative estimate of drug-likeness (QED) is 0.370. The SMILES string of the molecule is CC(=O)O[C@H]1[C@@H](O)[C@H](n2cnc3c(N)ncnc32)O[C@@H]1CO[C@@H]1CC(=O)NC1=O. The van der Waals surface area contributed by atoms with Crippen LogP contribution in [0.15, 0.2) is 12.7 Å². The van der Waals surface area contributed by atoms with Crippen LogP contribution in [0.4, 0.5) is 5.82 Å². The van der Waals surface area contributed by atoms with Gasteiger partial charge in [-0.25, -0.2) is 15.0 Å². The van der Waals surface area contributed by atoms with Crippen LogP contribution in [0, 0.1) is 0 Å². The lowest BCUT2D eigenvalue weighted by Crippen LogP contribution is -2.39. The molecule has 2 aromatic heterocycles. The van der Waals surface area contributed by atoms with Crippen LogP contribution >= 0.6 is 0 Å². The average molecular weight is 406 g/mol. The Balaban J connectivity index is 1.56. The third-order valence-electron chi connectivity index (χ3n) is 4.66. The first kappa shape index (κ1) is 19.2. The molecule has 0 saturated carbocycles. The number of hydrogen-bond donors (Lipinski definition) is 3. The minimum atomic E-state index is -1.28. The maximum atomic E-state index is 11.7. The van der Waals surface area contributed by atoms with Crippen molar-refractivity contribution in [3.05, 3.63) is 12.7 Å². The molecule has 4 heterocycles. The largest absolute Gasteiger partial charge is 0.457 e. The summed E-state index contributed by atoms with van der Waals surface area (Å²) in [4.78, 5) is 46.6. The van der Waals surface area contributed by atoms with E-state index >= 15 is 0 Å². The first-order valence-corrected chi connectivity index (χ1v) is 8.74. The average Bonchev–Trinajstić information content (AvgIpc) is 3.31. The van der Waals surface area contributed by atoms with Gasteiger partial charge in [-0.1, -0.05) is 0 Å². The van der Waals surface area contributed by atoms with Gasteiger partial charge in [-0.2, -0.15) is 0 Å². The number of anilines is 1. The number of rotatable bonds is 5. The molecular weight excluding hydrogens is 388 g/mol. The molecule has 2 saturated heterocycles. The molecule has 4 rings (SSSR count). The number of carbonyl (C=O) groups excluding carboxylic acids is 3. The van der Waals surface area contributed by atoms with Crippen molar-refractivity contribution in [2.75, 3.05) is 12.3 Å². The molecule has 2 amide bonds. The number of nitrogen functional groups attached to an aromatic ring is 1. The number of hydrogen-bond acceptors (Lipinski definition) is 11. The van der Waals surface area contributed by atoms with Crippen molar-refractivity contribution in [3.63, 3.8) is 0 Å². The molecule has 0 spiro atoms. The summed E-state index contributed by atoms with van der Waals surface area (Å²) in [6.45, 7) is 1.00. The highest BCUT2D eigenvalue weighted by Gasteiger charge is 2.48. The Morgan fingerprint density at radius 1 is 1.41 bits per heavy atom. The molecular formula is C16H18N6O7. The van der Waals surface area contributed by atoms with Gasteiger partial charge in [0.2, 0.25) is 5.91 Å². The van der Waals surface area contributed by atoms with Crippen LogP contribution < -0.4 is 11.1 Å². The number of aliphatic hydroxyl groups excluding tert-OH is 1. The van der Waals surface area contributed by atoms with E-state index < -0.39 is 48.4 Å². The Morgan fingerprint density at radius 2 is 2.21 bits per heavy atom. The number of amides is 2. The molecule has 2 aliphatic rings. The Labute approximate surface area is 163 Å². The van der Waals surface area contributed by atoms with Crippen LogP contribution in [0.2, 0.25) is 0 Å². The number of aromatic nitrogens is 4. The Kier molecular flexibility index (Phi) is 4.86. The summed E-state index contributed by atoms with van der Waals surface area (Å²) in [6, 6.07) is 0. The van der Waals surface area contributed by atoms with Gasteiger partial charge < -0.3 is 25.1 Å². The summed E-state index contributed by atoms with van der Waals surface area (Å²) in [6.07, 6.45) is -2.72. The molecule has 13 nitrogen and oxygen atoms in total. The second-order valence-corrected chi connectivity index (χ2v) is 6.65. The highest BCUT2D eigenvalue weighted by molar-refractivity contribution is 6.04. The van der Waals surface area contributed by atoms with Crippen molar-refractivity contribution in [3.8, 4) is 0 Å². The molecule has 154 valence electrons. The number of ether oxygens (including phenoxy) is 3. The van der Waals surface area contributed by atoms with Gasteiger partial charge >= 0.3 is 5.97 Å². The first-order valence-electron chi connectivity index (χ1n) is 8.74. The van der Waals surface area contributed by atoms with Gasteiger partial charge in [0.05, 0.1) is 19.4 Å². The predicted molar refractivity (Wildman–Crippen MR) is 92.7 cm³/mol. The molecule has 0 aliphatic carbocycles. The van der Waals surface area contributed by atoms with Gasteiger partial charge in [0.25, 0.3) is 5.91 Å². The van der Waals surface area contributed by atoms with E-state index in [0.717, 1.165) is 0 Å². The van der Waals surface area contributed by atoms with E-state index in [0.29, 0.717) is 11.2 Å². The van der Waals surface area contributed by atoms with E-state index in [1.54, 1.807) is 0 Å². The fourth-order valence-electron chi connectivity index (χ4n) is 3.35. The zero-order chi connectivity index (χ0) is 20.7. The van der Waals surface area contributed by atoms with Crippen LogP contribution in [0.25, 0.3) is 11.2 Å². The van der Waals surface area contributed by atoms with Crippen molar-refractivity contribution in [1.29, 1.82) is 0 Å². The lowest BCUT2D eigenvalue weighted by atomic mass is 10.1. The van der Waals surface area contributed by atoms with Gasteiger partial charge in [-0.05, 0) is 0 Å². The lowest BCUT2D eigenvalue weighted by Gasteiger charge is -2.20. The monoisotopic (exact) mass is 406 g/mol. The lowest BCUT2D eigenvalue weighted by molar-refractivity contribution is -0.156. The molecule has 29 heavy (non-hydrogen) atoms. The van der Waals surface area contributed by atoms with E-state index in [4.69, 9.17) is 19.9 Å². The maximum absolute atomic E-state index is 11.7. The summed E-state index contributed by atoms with van der Waals surface area (Å²) in [5, 5.41) is 12.9. The summed E-state index contributed by atoms with van der Waals surface area (Å²) in [7, 11) is 0. The fraction of sp³-hybridized carbons (Fsp3) is 0.500. The Bertz CT molecular complexity index is 978. The van der Waals surface area contributed by atoms with Crippen LogP contribution in [0.5, 0.6) is 0 Å². The summed E-state index contributed by atoms with van der Waals surface area (Å²) < 4.78 is 18.0. The maximum Gasteiger partial charge on any atom is 0.303 e. The zero-order valence-electron chi connectivity index (χ0n) is 15.2. The van der Waals surface area contributed by atoms with Gasteiger partial charge in [0.15, 0.2) is 23.8 Å². The van der Waals surface area contributed by atoms with Crippen LogP contribution in [0.1, 0.15) is 19.6 Å². The van der Waals surface area contributed by atoms with Crippen LogP contribution in [0.3, 0.4) is 0 Å². The molecule has 13 heteroatoms. The van der Waals surface area contributed by atoms with E-state index in [1.165, 1.54) is 24.1 Å². The smallest absolute Gasteiger partial charge is 0.303 e. The number of nitrogens with zero attached hydrogens (tertiary/aromatic N) is 4. The van der Waals surface area contributed by atoms with Gasteiger partial charge in [-0.3, -0.25) is 24.3 Å². The van der Waals surface area contributed by atoms with Crippen LogP contribution in [-0.2, 0) is 28.6 Å². The summed E-state index contributed by atoms with van der Waals surface area (Å²) in [5.41, 5.74) is 6.43. The highest BCUT2D eigenvalue weighted by atomic mass is 16.6. The van der Waals surface area contributed by atoms with Gasteiger partial charge in [0, 0.05) is 6.92 Å². The van der Waals surface area contributed by atoms with E-state index in [1.807, 2.05) is 0 Å². The third-order valence-corrected chi connectivity index (χ3v) is 4.66. The van der Waals surface area contributed by atoms with Crippen molar-refractivity contribution >= 4 is 34.8 Å². The number of nitrogens with one attached hydrogen (secondary N) is 1. The number of carbonyl (C=O) groups is 3. The molecule has 0 aromatic carbocycles. The molecule has 2 fully saturated rings. The number of nitrogens with two attached hydrogens (primary N) is 1. The standard InChI is InChI=1S/C16H18N6O7/c1-6(23)28-12-8(3-27-7-2-9(24)21-15(7)26)29-16(11(12)25)22-5-20-10-13(17)18-4-19-14(10)22/h4-5,7-8,11-12,16,25H,2-3H2,1H3,(H2,17,18,19)(H,21,24,26)/t7-,8-,11-,12-,16-/m1/s1. The number of imidazole rings is 1. The highest BCUT2D eigenvalue weighted by Crippen LogP contribution is 2.34. The van der Waals surface area contributed by atoms with Crippen LogP contribution in [-0.4, -0.2) is 73.4 Å². The molecule has 0 unspecified atom stereocenters. The Hall–Kier alpha value is -3.16. The van der Waals surface area contributed by atoms with E-state index in [-0.39, 0.29) is 18.8 Å². The summed E-state index contributed by atoms with van der Waals surface area (Å²) in [5.74, 6) is -1.46. The minimum Gasteiger partial charge on any atom is -0.457 e.